The highest BCUT2D eigenvalue weighted by Gasteiger charge is 2.15. The van der Waals surface area contributed by atoms with Gasteiger partial charge in [0, 0.05) is 18.4 Å². The highest BCUT2D eigenvalue weighted by molar-refractivity contribution is 6.05. The Hall–Kier alpha value is -2.68. The number of hydrogen-bond acceptors (Lipinski definition) is 2. The molecule has 3 heteroatoms. The third kappa shape index (κ3) is 2.63. The van der Waals surface area contributed by atoms with Gasteiger partial charge in [-0.2, -0.15) is 0 Å². The maximum atomic E-state index is 12.5. The van der Waals surface area contributed by atoms with E-state index in [1.54, 1.807) is 18.0 Å². The number of carbonyl (C=O) groups is 1. The molecule has 0 fully saturated rings. The van der Waals surface area contributed by atoms with Gasteiger partial charge in [0.15, 0.2) is 0 Å². The Bertz CT molecular complexity index is 811. The summed E-state index contributed by atoms with van der Waals surface area (Å²) >= 11 is 0. The second kappa shape index (κ2) is 5.37. The van der Waals surface area contributed by atoms with E-state index in [9.17, 15) is 4.79 Å². The third-order valence-electron chi connectivity index (χ3n) is 3.53. The summed E-state index contributed by atoms with van der Waals surface area (Å²) in [5.74, 6) is -0.103. The van der Waals surface area contributed by atoms with Gasteiger partial charge in [-0.3, -0.25) is 4.79 Å². The van der Waals surface area contributed by atoms with Crippen LogP contribution in [0.4, 0.5) is 5.69 Å². The third-order valence-corrected chi connectivity index (χ3v) is 3.53. The van der Waals surface area contributed by atoms with E-state index in [1.165, 1.54) is 0 Å². The minimum absolute atomic E-state index is 0.103. The first-order chi connectivity index (χ1) is 10.1. The molecule has 0 spiro atoms. The summed E-state index contributed by atoms with van der Waals surface area (Å²) in [5, 5.41) is 2.28. The van der Waals surface area contributed by atoms with E-state index in [-0.39, 0.29) is 5.91 Å². The molecular formula is C18H16N2O. The van der Waals surface area contributed by atoms with E-state index in [1.807, 2.05) is 55.5 Å². The summed E-state index contributed by atoms with van der Waals surface area (Å²) < 4.78 is 0. The van der Waals surface area contributed by atoms with Gasteiger partial charge >= 0.3 is 0 Å². The second-order valence-electron chi connectivity index (χ2n) is 5.06. The fourth-order valence-corrected chi connectivity index (χ4v) is 2.34. The lowest BCUT2D eigenvalue weighted by molar-refractivity contribution is 0.0988. The zero-order chi connectivity index (χ0) is 14.8. The van der Waals surface area contributed by atoms with Crippen molar-refractivity contribution in [1.82, 2.24) is 4.98 Å². The zero-order valence-electron chi connectivity index (χ0n) is 12.1. The minimum atomic E-state index is -0.103. The van der Waals surface area contributed by atoms with Crippen LogP contribution in [0, 0.1) is 6.92 Å². The van der Waals surface area contributed by atoms with Gasteiger partial charge in [0.1, 0.15) is 5.69 Å². The fraction of sp³-hybridized carbons (Fsp3) is 0.111. The van der Waals surface area contributed by atoms with Gasteiger partial charge in [0.05, 0.1) is 0 Å². The van der Waals surface area contributed by atoms with Crippen molar-refractivity contribution in [2.45, 2.75) is 6.92 Å². The lowest BCUT2D eigenvalue weighted by atomic mass is 10.1. The normalized spacial score (nSPS) is 10.6. The van der Waals surface area contributed by atoms with Crippen LogP contribution in [0.5, 0.6) is 0 Å². The molecule has 0 unspecified atom stereocenters. The van der Waals surface area contributed by atoms with E-state index >= 15 is 0 Å². The lowest BCUT2D eigenvalue weighted by Gasteiger charge is -2.17. The van der Waals surface area contributed by atoms with E-state index in [0.29, 0.717) is 5.69 Å². The van der Waals surface area contributed by atoms with Gasteiger partial charge in [0.25, 0.3) is 5.91 Å². The number of hydrogen-bond donors (Lipinski definition) is 0. The van der Waals surface area contributed by atoms with E-state index < -0.39 is 0 Å². The maximum absolute atomic E-state index is 12.5. The van der Waals surface area contributed by atoms with Gasteiger partial charge < -0.3 is 4.90 Å². The van der Waals surface area contributed by atoms with E-state index in [2.05, 4.69) is 11.1 Å². The Morgan fingerprint density at radius 3 is 2.48 bits per heavy atom. The number of benzene rings is 2. The molecule has 0 atom stereocenters. The molecule has 3 aromatic rings. The number of rotatable bonds is 2. The first kappa shape index (κ1) is 13.3. The van der Waals surface area contributed by atoms with Crippen LogP contribution in [0.2, 0.25) is 0 Å². The van der Waals surface area contributed by atoms with Crippen molar-refractivity contribution in [2.75, 3.05) is 11.9 Å². The average Bonchev–Trinajstić information content (AvgIpc) is 2.53. The molecule has 0 bridgehead atoms. The minimum Gasteiger partial charge on any atom is -0.310 e. The highest BCUT2D eigenvalue weighted by Crippen LogP contribution is 2.22. The maximum Gasteiger partial charge on any atom is 0.276 e. The number of fused-ring (bicyclic) bond motifs is 1. The summed E-state index contributed by atoms with van der Waals surface area (Å²) in [6.07, 6.45) is 0. The van der Waals surface area contributed by atoms with Crippen LogP contribution in [0.25, 0.3) is 10.8 Å². The van der Waals surface area contributed by atoms with Crippen molar-refractivity contribution >= 4 is 22.4 Å². The van der Waals surface area contributed by atoms with Crippen LogP contribution in [0.3, 0.4) is 0 Å². The van der Waals surface area contributed by atoms with Crippen molar-refractivity contribution in [1.29, 1.82) is 0 Å². The number of pyridine rings is 1. The van der Waals surface area contributed by atoms with Crippen LogP contribution >= 0.6 is 0 Å². The highest BCUT2D eigenvalue weighted by atomic mass is 16.2. The average molecular weight is 276 g/mol. The first-order valence-electron chi connectivity index (χ1n) is 6.86. The standard InChI is InChI=1S/C18H16N2O/c1-13-6-5-9-17(19-13)18(21)20(2)16-11-10-14-7-3-4-8-15(14)12-16/h3-12H,1-2H3. The Morgan fingerprint density at radius 1 is 0.952 bits per heavy atom. The Labute approximate surface area is 123 Å². The molecule has 104 valence electrons. The number of amides is 1. The van der Waals surface area contributed by atoms with E-state index in [0.717, 1.165) is 22.2 Å². The topological polar surface area (TPSA) is 33.2 Å². The summed E-state index contributed by atoms with van der Waals surface area (Å²) in [7, 11) is 1.77. The van der Waals surface area contributed by atoms with Crippen molar-refractivity contribution in [3.63, 3.8) is 0 Å². The number of aromatic nitrogens is 1. The molecule has 1 heterocycles. The Balaban J connectivity index is 1.96. The van der Waals surface area contributed by atoms with Crippen molar-refractivity contribution in [2.24, 2.45) is 0 Å². The summed E-state index contributed by atoms with van der Waals surface area (Å²) in [6.45, 7) is 1.88. The fourth-order valence-electron chi connectivity index (χ4n) is 2.34. The van der Waals surface area contributed by atoms with Crippen LogP contribution in [-0.2, 0) is 0 Å². The predicted octanol–water partition coefficient (Wildman–Crippen LogP) is 3.82. The molecule has 3 rings (SSSR count). The van der Waals surface area contributed by atoms with Gasteiger partial charge in [-0.1, -0.05) is 36.4 Å². The second-order valence-corrected chi connectivity index (χ2v) is 5.06. The molecule has 1 amide bonds. The van der Waals surface area contributed by atoms with Gasteiger partial charge in [0.2, 0.25) is 0 Å². The van der Waals surface area contributed by atoms with Gasteiger partial charge in [-0.15, -0.1) is 0 Å². The molecule has 21 heavy (non-hydrogen) atoms. The zero-order valence-corrected chi connectivity index (χ0v) is 12.1. The molecule has 1 aromatic heterocycles. The van der Waals surface area contributed by atoms with Gasteiger partial charge in [-0.25, -0.2) is 4.98 Å². The Morgan fingerprint density at radius 2 is 1.71 bits per heavy atom. The number of nitrogens with zero attached hydrogens (tertiary/aromatic N) is 2. The largest absolute Gasteiger partial charge is 0.310 e. The molecule has 0 aliphatic carbocycles. The van der Waals surface area contributed by atoms with Crippen LogP contribution in [0.1, 0.15) is 16.2 Å². The van der Waals surface area contributed by atoms with E-state index in [4.69, 9.17) is 0 Å². The number of aryl methyl sites for hydroxylation is 1. The molecule has 0 saturated carbocycles. The molecule has 0 aliphatic rings. The van der Waals surface area contributed by atoms with Crippen LogP contribution < -0.4 is 4.90 Å². The van der Waals surface area contributed by atoms with Gasteiger partial charge in [-0.05, 0) is 42.0 Å². The molecule has 0 N–H and O–H groups in total. The van der Waals surface area contributed by atoms with Crippen molar-refractivity contribution < 1.29 is 4.79 Å². The summed E-state index contributed by atoms with van der Waals surface area (Å²) in [4.78, 5) is 18.4. The lowest BCUT2D eigenvalue weighted by Crippen LogP contribution is -2.27. The molecular weight excluding hydrogens is 260 g/mol. The van der Waals surface area contributed by atoms with Crippen molar-refractivity contribution in [3.8, 4) is 0 Å². The smallest absolute Gasteiger partial charge is 0.276 e. The number of anilines is 1. The first-order valence-corrected chi connectivity index (χ1v) is 6.86. The molecule has 2 aromatic carbocycles. The van der Waals surface area contributed by atoms with Crippen LogP contribution in [0.15, 0.2) is 60.7 Å². The predicted molar refractivity (Wildman–Crippen MR) is 85.7 cm³/mol. The SMILES string of the molecule is Cc1cccc(C(=O)N(C)c2ccc3ccccc3c2)n1. The summed E-state index contributed by atoms with van der Waals surface area (Å²) in [6, 6.07) is 19.6. The molecule has 3 nitrogen and oxygen atoms in total. The molecule has 0 saturated heterocycles. The summed E-state index contributed by atoms with van der Waals surface area (Å²) in [5.41, 5.74) is 2.17. The van der Waals surface area contributed by atoms with Crippen LogP contribution in [-0.4, -0.2) is 17.9 Å². The molecule has 0 radical (unpaired) electrons. The quantitative estimate of drug-likeness (QED) is 0.713. The Kier molecular flexibility index (Phi) is 3.40. The monoisotopic (exact) mass is 276 g/mol. The molecule has 0 aliphatic heterocycles. The van der Waals surface area contributed by atoms with Crippen molar-refractivity contribution in [3.05, 3.63) is 72.1 Å². The number of carbonyl (C=O) groups excluding carboxylic acids is 1.